The predicted octanol–water partition coefficient (Wildman–Crippen LogP) is -1.05. The second kappa shape index (κ2) is 10.4. The highest BCUT2D eigenvalue weighted by atomic mass is 31.2. The van der Waals surface area contributed by atoms with Crippen LogP contribution < -0.4 is 10.2 Å². The van der Waals surface area contributed by atoms with E-state index in [2.05, 4.69) is 40.0 Å². The molecule has 20 heavy (non-hydrogen) atoms. The van der Waals surface area contributed by atoms with E-state index in [9.17, 15) is 0 Å². The Morgan fingerprint density at radius 2 is 0.850 bits per heavy atom. The van der Waals surface area contributed by atoms with Crippen molar-refractivity contribution in [1.82, 2.24) is 0 Å². The molecule has 6 nitrogen and oxygen atoms in total. The minimum Gasteiger partial charge on any atom is -0.543 e. The van der Waals surface area contributed by atoms with Gasteiger partial charge in [0.1, 0.15) is 0 Å². The molecule has 0 amide bonds. The summed E-state index contributed by atoms with van der Waals surface area (Å²) in [6.45, 7) is 16.4. The van der Waals surface area contributed by atoms with Gasteiger partial charge in [0, 0.05) is 14.5 Å². The standard InChI is InChI=1S/2C5H14OP.C2H2O4/c2*1-5(6)7(2,3)4;3-1(4)2(5)6/h2*5-6H,1-4H3;(H,3,4)(H,5,6)/q2*+1;/p-2. The van der Waals surface area contributed by atoms with Crippen LogP contribution >= 0.6 is 14.5 Å². The molecule has 2 unspecified atom stereocenters. The topological polar surface area (TPSA) is 121 Å². The third-order valence-corrected chi connectivity index (χ3v) is 6.89. The largest absolute Gasteiger partial charge is 0.543 e. The van der Waals surface area contributed by atoms with Crippen LogP contribution in [-0.4, -0.2) is 73.8 Å². The fourth-order valence-corrected chi connectivity index (χ4v) is 0. The number of hydrogen-bond donors (Lipinski definition) is 2. The van der Waals surface area contributed by atoms with Crippen molar-refractivity contribution < 1.29 is 30.0 Å². The zero-order chi connectivity index (χ0) is 17.3. The number of aliphatic hydroxyl groups excluding tert-OH is 2. The van der Waals surface area contributed by atoms with E-state index in [0.717, 1.165) is 0 Å². The van der Waals surface area contributed by atoms with Crippen LogP contribution in [0.2, 0.25) is 0 Å². The fraction of sp³-hybridized carbons (Fsp3) is 0.833. The lowest BCUT2D eigenvalue weighted by molar-refractivity contribution is -0.345. The molecule has 0 rings (SSSR count). The van der Waals surface area contributed by atoms with Gasteiger partial charge in [-0.3, -0.25) is 0 Å². The zero-order valence-electron chi connectivity index (χ0n) is 13.6. The Hall–Kier alpha value is -0.280. The van der Waals surface area contributed by atoms with Gasteiger partial charge < -0.3 is 30.0 Å². The lowest BCUT2D eigenvalue weighted by atomic mass is 10.7. The summed E-state index contributed by atoms with van der Waals surface area (Å²) in [5.74, 6) is -4.55. The molecule has 0 aliphatic heterocycles. The molecular formula is C12H28O6P2. The predicted molar refractivity (Wildman–Crippen MR) is 82.8 cm³/mol. The minimum atomic E-state index is -2.19. The maximum absolute atomic E-state index is 8.94. The molecule has 0 aromatic heterocycles. The Bertz CT molecular complexity index is 259. The van der Waals surface area contributed by atoms with Gasteiger partial charge in [0.25, 0.3) is 0 Å². The maximum Gasteiger partial charge on any atom is 0.160 e. The van der Waals surface area contributed by atoms with Gasteiger partial charge in [-0.25, -0.2) is 0 Å². The SMILES string of the molecule is CC(O)[P+](C)(C)C.CC(O)[P+](C)(C)C.O=C([O-])C(=O)[O-]. The van der Waals surface area contributed by atoms with Crippen molar-refractivity contribution >= 4 is 26.5 Å². The fourth-order valence-electron chi connectivity index (χ4n) is 0. The van der Waals surface area contributed by atoms with E-state index in [4.69, 9.17) is 30.0 Å². The molecule has 2 atom stereocenters. The van der Waals surface area contributed by atoms with Crippen LogP contribution in [0.5, 0.6) is 0 Å². The summed E-state index contributed by atoms with van der Waals surface area (Å²) in [5.41, 5.74) is 0. The molecule has 2 N–H and O–H groups in total. The van der Waals surface area contributed by atoms with E-state index in [1.807, 2.05) is 13.8 Å². The number of hydrogen-bond acceptors (Lipinski definition) is 6. The van der Waals surface area contributed by atoms with E-state index in [1.54, 1.807) is 0 Å². The summed E-state index contributed by atoms with van der Waals surface area (Å²) >= 11 is 0. The molecule has 0 aromatic rings. The first-order valence-corrected chi connectivity index (χ1v) is 12.3. The Morgan fingerprint density at radius 1 is 0.750 bits per heavy atom. The first kappa shape index (κ1) is 24.7. The summed E-state index contributed by atoms with van der Waals surface area (Å²) in [5, 5.41) is 35.7. The summed E-state index contributed by atoms with van der Waals surface area (Å²) < 4.78 is 0. The van der Waals surface area contributed by atoms with Crippen molar-refractivity contribution in [1.29, 1.82) is 0 Å². The van der Waals surface area contributed by atoms with Crippen LogP contribution in [0.1, 0.15) is 13.8 Å². The molecule has 122 valence electrons. The second-order valence-electron chi connectivity index (χ2n) is 6.07. The van der Waals surface area contributed by atoms with Crippen LogP contribution in [0.4, 0.5) is 0 Å². The van der Waals surface area contributed by atoms with E-state index >= 15 is 0 Å². The van der Waals surface area contributed by atoms with Gasteiger partial charge in [0.15, 0.2) is 11.7 Å². The quantitative estimate of drug-likeness (QED) is 0.492. The van der Waals surface area contributed by atoms with E-state index in [1.165, 1.54) is 0 Å². The Kier molecular flexibility index (Phi) is 12.9. The number of aliphatic carboxylic acids is 2. The molecule has 8 heteroatoms. The van der Waals surface area contributed by atoms with Crippen molar-refractivity contribution in [2.75, 3.05) is 40.0 Å². The van der Waals surface area contributed by atoms with E-state index < -0.39 is 26.5 Å². The average Bonchev–Trinajstić information content (AvgIpc) is 2.15. The molecule has 0 radical (unpaired) electrons. The van der Waals surface area contributed by atoms with Crippen molar-refractivity contribution in [2.24, 2.45) is 0 Å². The van der Waals surface area contributed by atoms with Crippen LogP contribution in [-0.2, 0) is 9.59 Å². The monoisotopic (exact) mass is 330 g/mol. The normalized spacial score (nSPS) is 13.9. The molecule has 0 saturated carbocycles. The van der Waals surface area contributed by atoms with E-state index in [0.29, 0.717) is 0 Å². The molecule has 0 spiro atoms. The molecule has 0 saturated heterocycles. The van der Waals surface area contributed by atoms with Gasteiger partial charge in [-0.15, -0.1) is 0 Å². The summed E-state index contributed by atoms with van der Waals surface area (Å²) in [6, 6.07) is 0. The number of carboxylic acid groups (broad SMARTS) is 2. The van der Waals surface area contributed by atoms with Gasteiger partial charge in [-0.05, 0) is 13.8 Å². The molecule has 0 heterocycles. The van der Waals surface area contributed by atoms with Gasteiger partial charge in [0.2, 0.25) is 0 Å². The van der Waals surface area contributed by atoms with Gasteiger partial charge in [-0.1, -0.05) is 0 Å². The third-order valence-electron chi connectivity index (χ3n) is 2.41. The van der Waals surface area contributed by atoms with Crippen molar-refractivity contribution in [3.05, 3.63) is 0 Å². The number of carbonyl (C=O) groups excluding carboxylic acids is 2. The van der Waals surface area contributed by atoms with Crippen LogP contribution in [0.3, 0.4) is 0 Å². The highest BCUT2D eigenvalue weighted by molar-refractivity contribution is 7.74. The number of aliphatic hydroxyl groups is 2. The second-order valence-corrected chi connectivity index (χ2v) is 16.0. The average molecular weight is 330 g/mol. The highest BCUT2D eigenvalue weighted by Crippen LogP contribution is 2.50. The van der Waals surface area contributed by atoms with Crippen LogP contribution in [0.25, 0.3) is 0 Å². The Morgan fingerprint density at radius 3 is 0.850 bits per heavy atom. The first-order valence-electron chi connectivity index (χ1n) is 5.94. The number of rotatable bonds is 2. The summed E-state index contributed by atoms with van der Waals surface area (Å²) in [4.78, 5) is 17.9. The molecule has 0 aliphatic rings. The Balaban J connectivity index is -0.000000218. The molecular weight excluding hydrogens is 302 g/mol. The summed E-state index contributed by atoms with van der Waals surface area (Å²) in [7, 11) is -1.86. The van der Waals surface area contributed by atoms with Crippen LogP contribution in [0.15, 0.2) is 0 Å². The van der Waals surface area contributed by atoms with Gasteiger partial charge >= 0.3 is 0 Å². The molecule has 0 aromatic carbocycles. The third kappa shape index (κ3) is 20.0. The minimum absolute atomic E-state index is 0.0903. The van der Waals surface area contributed by atoms with Gasteiger partial charge in [-0.2, -0.15) is 0 Å². The molecule has 0 aliphatic carbocycles. The molecule has 0 fully saturated rings. The lowest BCUT2D eigenvalue weighted by Crippen LogP contribution is -2.42. The van der Waals surface area contributed by atoms with Crippen LogP contribution in [0, 0.1) is 0 Å². The lowest BCUT2D eigenvalue weighted by Gasteiger charge is -2.13. The number of carbonyl (C=O) groups is 2. The van der Waals surface area contributed by atoms with Crippen molar-refractivity contribution in [3.8, 4) is 0 Å². The van der Waals surface area contributed by atoms with Gasteiger partial charge in [0.05, 0.1) is 51.9 Å². The first-order chi connectivity index (χ1) is 8.53. The smallest absolute Gasteiger partial charge is 0.160 e. The maximum atomic E-state index is 8.94. The van der Waals surface area contributed by atoms with Crippen molar-refractivity contribution in [3.63, 3.8) is 0 Å². The highest BCUT2D eigenvalue weighted by Gasteiger charge is 2.24. The number of carboxylic acids is 2. The van der Waals surface area contributed by atoms with Crippen molar-refractivity contribution in [2.45, 2.75) is 25.5 Å². The van der Waals surface area contributed by atoms with E-state index in [-0.39, 0.29) is 11.7 Å². The Labute approximate surface area is 122 Å². The summed E-state index contributed by atoms with van der Waals surface area (Å²) in [6.07, 6.45) is 0. The zero-order valence-corrected chi connectivity index (χ0v) is 15.4. The molecule has 0 bridgehead atoms.